The second-order valence-electron chi connectivity index (χ2n) is 5.10. The van der Waals surface area contributed by atoms with E-state index in [9.17, 15) is 0 Å². The van der Waals surface area contributed by atoms with E-state index in [1.807, 2.05) is 47.4 Å². The number of nitrogens with zero attached hydrogens (tertiary/aromatic N) is 3. The Labute approximate surface area is 160 Å². The lowest BCUT2D eigenvalue weighted by Gasteiger charge is -2.10. The van der Waals surface area contributed by atoms with E-state index in [0.29, 0.717) is 6.54 Å². The summed E-state index contributed by atoms with van der Waals surface area (Å²) in [7, 11) is 1.71. The Morgan fingerprint density at radius 3 is 2.75 bits per heavy atom. The minimum absolute atomic E-state index is 0. The van der Waals surface area contributed by atoms with Crippen LogP contribution in [0.15, 0.2) is 47.7 Å². The Bertz CT molecular complexity index is 600. The molecule has 6 nitrogen and oxygen atoms in total. The molecule has 0 saturated heterocycles. The summed E-state index contributed by atoms with van der Waals surface area (Å²) in [5.74, 6) is 0.816. The van der Waals surface area contributed by atoms with Crippen LogP contribution in [0.2, 0.25) is 0 Å². The molecule has 0 saturated carbocycles. The van der Waals surface area contributed by atoms with Crippen LogP contribution in [0, 0.1) is 0 Å². The maximum absolute atomic E-state index is 5.05. The Morgan fingerprint density at radius 1 is 1.25 bits per heavy atom. The van der Waals surface area contributed by atoms with Gasteiger partial charge < -0.3 is 15.4 Å². The maximum Gasteiger partial charge on any atom is 0.191 e. The van der Waals surface area contributed by atoms with Crippen molar-refractivity contribution in [1.82, 2.24) is 20.4 Å². The van der Waals surface area contributed by atoms with Crippen LogP contribution >= 0.6 is 24.0 Å². The fraction of sp³-hybridized carbons (Fsp3) is 0.412. The van der Waals surface area contributed by atoms with Gasteiger partial charge in [-0.15, -0.1) is 24.0 Å². The van der Waals surface area contributed by atoms with Gasteiger partial charge in [-0.2, -0.15) is 5.10 Å². The molecule has 0 fully saturated rings. The van der Waals surface area contributed by atoms with Gasteiger partial charge in [0.15, 0.2) is 5.96 Å². The fourth-order valence-electron chi connectivity index (χ4n) is 2.10. The van der Waals surface area contributed by atoms with Gasteiger partial charge in [-0.25, -0.2) is 9.67 Å². The molecule has 0 atom stereocenters. The Morgan fingerprint density at radius 2 is 2.04 bits per heavy atom. The number of aliphatic imine (C=N–C) groups is 1. The molecule has 7 heteroatoms. The number of halogens is 1. The summed E-state index contributed by atoms with van der Waals surface area (Å²) in [6.45, 7) is 5.06. The molecule has 0 radical (unpaired) electrons. The highest BCUT2D eigenvalue weighted by Gasteiger charge is 2.01. The van der Waals surface area contributed by atoms with Crippen molar-refractivity contribution >= 4 is 29.9 Å². The lowest BCUT2D eigenvalue weighted by molar-refractivity contribution is 0.195. The van der Waals surface area contributed by atoms with Crippen LogP contribution in [0.3, 0.4) is 0 Å². The van der Waals surface area contributed by atoms with Crippen LogP contribution in [0.25, 0.3) is 5.69 Å². The zero-order valence-electron chi connectivity index (χ0n) is 14.2. The van der Waals surface area contributed by atoms with Crippen LogP contribution in [0.5, 0.6) is 0 Å². The van der Waals surface area contributed by atoms with Crippen molar-refractivity contribution in [2.75, 3.05) is 26.8 Å². The number of methoxy groups -OCH3 is 1. The molecule has 0 bridgehead atoms. The second kappa shape index (κ2) is 11.9. The van der Waals surface area contributed by atoms with Gasteiger partial charge in [-0.05, 0) is 25.5 Å². The monoisotopic (exact) mass is 443 g/mol. The van der Waals surface area contributed by atoms with Crippen LogP contribution in [-0.4, -0.2) is 42.5 Å². The van der Waals surface area contributed by atoms with Crippen molar-refractivity contribution in [3.05, 3.63) is 48.3 Å². The van der Waals surface area contributed by atoms with Crippen molar-refractivity contribution in [2.45, 2.75) is 19.9 Å². The number of ether oxygens (including phenoxy) is 1. The number of hydrogen-bond acceptors (Lipinski definition) is 3. The standard InChI is InChI=1S/C17H25N5O.HI/c1-3-18-17(19-10-7-11-23-2)20-12-15-13-21-22(14-15)16-8-5-4-6-9-16;/h4-6,8-9,13-14H,3,7,10-12H2,1-2H3,(H2,18,19,20);1H. The van der Waals surface area contributed by atoms with Gasteiger partial charge in [0, 0.05) is 38.6 Å². The smallest absolute Gasteiger partial charge is 0.191 e. The molecule has 0 spiro atoms. The highest BCUT2D eigenvalue weighted by Crippen LogP contribution is 2.08. The third kappa shape index (κ3) is 6.88. The van der Waals surface area contributed by atoms with Gasteiger partial charge >= 0.3 is 0 Å². The largest absolute Gasteiger partial charge is 0.385 e. The van der Waals surface area contributed by atoms with Crippen molar-refractivity contribution in [3.63, 3.8) is 0 Å². The number of rotatable bonds is 8. The fourth-order valence-corrected chi connectivity index (χ4v) is 2.10. The van der Waals surface area contributed by atoms with E-state index in [0.717, 1.165) is 43.3 Å². The highest BCUT2D eigenvalue weighted by molar-refractivity contribution is 14.0. The Hall–Kier alpha value is -1.61. The van der Waals surface area contributed by atoms with Gasteiger partial charge in [-0.3, -0.25) is 0 Å². The van der Waals surface area contributed by atoms with E-state index in [2.05, 4.69) is 27.6 Å². The van der Waals surface area contributed by atoms with Crippen LogP contribution in [-0.2, 0) is 11.3 Å². The van der Waals surface area contributed by atoms with Crippen molar-refractivity contribution in [1.29, 1.82) is 0 Å². The summed E-state index contributed by atoms with van der Waals surface area (Å²) >= 11 is 0. The number of hydrogen-bond donors (Lipinski definition) is 2. The first kappa shape index (κ1) is 20.4. The molecule has 0 aliphatic heterocycles. The van der Waals surface area contributed by atoms with E-state index in [4.69, 9.17) is 4.74 Å². The minimum Gasteiger partial charge on any atom is -0.385 e. The third-order valence-electron chi connectivity index (χ3n) is 3.24. The lowest BCUT2D eigenvalue weighted by atomic mass is 10.3. The molecule has 2 N–H and O–H groups in total. The molecule has 1 aromatic heterocycles. The van der Waals surface area contributed by atoms with Crippen LogP contribution in [0.4, 0.5) is 0 Å². The van der Waals surface area contributed by atoms with Gasteiger partial charge in [0.1, 0.15) is 0 Å². The van der Waals surface area contributed by atoms with Gasteiger partial charge in [0.05, 0.1) is 18.4 Å². The first-order valence-electron chi connectivity index (χ1n) is 7.93. The quantitative estimate of drug-likeness (QED) is 0.285. The molecule has 132 valence electrons. The molecule has 2 rings (SSSR count). The summed E-state index contributed by atoms with van der Waals surface area (Å²) in [5, 5.41) is 10.9. The average molecular weight is 443 g/mol. The second-order valence-corrected chi connectivity index (χ2v) is 5.10. The summed E-state index contributed by atoms with van der Waals surface area (Å²) in [4.78, 5) is 4.59. The van der Waals surface area contributed by atoms with Crippen LogP contribution in [0.1, 0.15) is 18.9 Å². The molecular weight excluding hydrogens is 417 g/mol. The number of nitrogens with one attached hydrogen (secondary N) is 2. The third-order valence-corrected chi connectivity index (χ3v) is 3.24. The SMILES string of the molecule is CCNC(=NCc1cnn(-c2ccccc2)c1)NCCCOC.I. The molecule has 2 aromatic rings. The summed E-state index contributed by atoms with van der Waals surface area (Å²) in [6.07, 6.45) is 4.81. The molecule has 0 unspecified atom stereocenters. The molecule has 0 amide bonds. The van der Waals surface area contributed by atoms with E-state index >= 15 is 0 Å². The van der Waals surface area contributed by atoms with E-state index < -0.39 is 0 Å². The molecule has 1 aromatic carbocycles. The predicted octanol–water partition coefficient (Wildman–Crippen LogP) is 2.58. The van der Waals surface area contributed by atoms with Gasteiger partial charge in [-0.1, -0.05) is 18.2 Å². The van der Waals surface area contributed by atoms with E-state index in [-0.39, 0.29) is 24.0 Å². The summed E-state index contributed by atoms with van der Waals surface area (Å²) in [6, 6.07) is 10.1. The molecule has 1 heterocycles. The number of para-hydroxylation sites is 1. The lowest BCUT2D eigenvalue weighted by Crippen LogP contribution is -2.38. The molecule has 0 aliphatic rings. The summed E-state index contributed by atoms with van der Waals surface area (Å²) < 4.78 is 6.91. The normalized spacial score (nSPS) is 11.0. The average Bonchev–Trinajstić information content (AvgIpc) is 3.06. The minimum atomic E-state index is 0. The van der Waals surface area contributed by atoms with Crippen molar-refractivity contribution in [3.8, 4) is 5.69 Å². The Kier molecular flexibility index (Phi) is 10.1. The molecule has 24 heavy (non-hydrogen) atoms. The number of guanidine groups is 1. The van der Waals surface area contributed by atoms with Crippen molar-refractivity contribution in [2.24, 2.45) is 4.99 Å². The zero-order valence-corrected chi connectivity index (χ0v) is 16.6. The Balaban J connectivity index is 0.00000288. The molecular formula is C17H26IN5O. The first-order valence-corrected chi connectivity index (χ1v) is 7.93. The van der Waals surface area contributed by atoms with E-state index in [1.165, 1.54) is 0 Å². The number of aromatic nitrogens is 2. The van der Waals surface area contributed by atoms with Crippen molar-refractivity contribution < 1.29 is 4.74 Å². The maximum atomic E-state index is 5.05. The topological polar surface area (TPSA) is 63.5 Å². The zero-order chi connectivity index (χ0) is 16.3. The van der Waals surface area contributed by atoms with Gasteiger partial charge in [0.2, 0.25) is 0 Å². The summed E-state index contributed by atoms with van der Waals surface area (Å²) in [5.41, 5.74) is 2.12. The van der Waals surface area contributed by atoms with E-state index in [1.54, 1.807) is 7.11 Å². The first-order chi connectivity index (χ1) is 11.3. The van der Waals surface area contributed by atoms with Gasteiger partial charge in [0.25, 0.3) is 0 Å². The molecule has 0 aliphatic carbocycles. The van der Waals surface area contributed by atoms with Crippen LogP contribution < -0.4 is 10.6 Å². The predicted molar refractivity (Wildman–Crippen MR) is 108 cm³/mol. The number of benzene rings is 1. The highest BCUT2D eigenvalue weighted by atomic mass is 127.